The predicted octanol–water partition coefficient (Wildman–Crippen LogP) is 2.06. The summed E-state index contributed by atoms with van der Waals surface area (Å²) in [6.07, 6.45) is 3.81. The van der Waals surface area contributed by atoms with Gasteiger partial charge in [0.15, 0.2) is 5.11 Å². The Morgan fingerprint density at radius 2 is 2.11 bits per heavy atom. The molecule has 0 spiro atoms. The van der Waals surface area contributed by atoms with Crippen LogP contribution in [0.2, 0.25) is 0 Å². The fraction of sp³-hybridized carbons (Fsp3) is 0.412. The van der Waals surface area contributed by atoms with Crippen molar-refractivity contribution < 1.29 is 13.2 Å². The Kier molecular flexibility index (Phi) is 7.66. The third-order valence-electron chi connectivity index (χ3n) is 4.05. The van der Waals surface area contributed by atoms with Gasteiger partial charge in [-0.05, 0) is 55.4 Å². The van der Waals surface area contributed by atoms with E-state index >= 15 is 0 Å². The van der Waals surface area contributed by atoms with Crippen LogP contribution in [0.25, 0.3) is 0 Å². The first kappa shape index (κ1) is 22.9. The molecular formula is C17H24N4O3S4. The molecule has 1 heterocycles. The lowest BCUT2D eigenvalue weighted by Gasteiger charge is -2.36. The Bertz CT molecular complexity index is 884. The molecule has 1 aromatic carbocycles. The van der Waals surface area contributed by atoms with Crippen molar-refractivity contribution in [1.82, 2.24) is 20.3 Å². The van der Waals surface area contributed by atoms with Gasteiger partial charge in [0.25, 0.3) is 10.0 Å². The molecule has 2 rings (SSSR count). The summed E-state index contributed by atoms with van der Waals surface area (Å²) in [4.78, 5) is 15.3. The van der Waals surface area contributed by atoms with Gasteiger partial charge >= 0.3 is 0 Å². The normalized spacial score (nSPS) is 14.1. The van der Waals surface area contributed by atoms with Gasteiger partial charge in [-0.1, -0.05) is 6.07 Å². The van der Waals surface area contributed by atoms with E-state index in [4.69, 9.17) is 12.2 Å². The van der Waals surface area contributed by atoms with Crippen LogP contribution in [0.5, 0.6) is 0 Å². The lowest BCUT2D eigenvalue weighted by Crippen LogP contribution is -2.54. The van der Waals surface area contributed by atoms with E-state index in [1.54, 1.807) is 30.2 Å². The van der Waals surface area contributed by atoms with E-state index in [0.717, 1.165) is 5.88 Å². The molecule has 0 radical (unpaired) electrons. The van der Waals surface area contributed by atoms with Crippen LogP contribution in [0.1, 0.15) is 19.4 Å². The summed E-state index contributed by atoms with van der Waals surface area (Å²) in [7, 11) is -2.31. The number of thiocarbonyl (C=S) groups is 1. The second kappa shape index (κ2) is 9.38. The molecule has 0 saturated carbocycles. The van der Waals surface area contributed by atoms with Gasteiger partial charge in [0, 0.05) is 18.1 Å². The number of amides is 1. The maximum absolute atomic E-state index is 12.7. The van der Waals surface area contributed by atoms with E-state index in [2.05, 4.69) is 15.4 Å². The van der Waals surface area contributed by atoms with Crippen LogP contribution < -0.4 is 15.4 Å². The summed E-state index contributed by atoms with van der Waals surface area (Å²) in [5.41, 5.74) is 0.0688. The molecule has 0 saturated heterocycles. The average molecular weight is 461 g/mol. The van der Waals surface area contributed by atoms with Gasteiger partial charge in [0.05, 0.1) is 12.3 Å². The monoisotopic (exact) mass is 460 g/mol. The first-order valence-corrected chi connectivity index (χ1v) is 12.5. The van der Waals surface area contributed by atoms with Crippen molar-refractivity contribution in [2.45, 2.75) is 35.7 Å². The molecule has 0 bridgehead atoms. The second-order valence-electron chi connectivity index (χ2n) is 6.50. The number of hydrogen-bond donors (Lipinski definition) is 3. The molecule has 0 aliphatic carbocycles. The summed E-state index contributed by atoms with van der Waals surface area (Å²) in [5, 5.41) is 7.57. The third kappa shape index (κ3) is 5.79. The van der Waals surface area contributed by atoms with Crippen LogP contribution in [0, 0.1) is 0 Å². The zero-order valence-corrected chi connectivity index (χ0v) is 19.4. The van der Waals surface area contributed by atoms with Gasteiger partial charge < -0.3 is 15.5 Å². The Morgan fingerprint density at radius 1 is 1.39 bits per heavy atom. The van der Waals surface area contributed by atoms with Gasteiger partial charge in [0.1, 0.15) is 10.6 Å². The summed E-state index contributed by atoms with van der Waals surface area (Å²) in [6, 6.07) is 4.99. The number of sulfonamides is 1. The molecular weight excluding hydrogens is 436 g/mol. The fourth-order valence-electron chi connectivity index (χ4n) is 2.54. The molecule has 154 valence electrons. The quantitative estimate of drug-likeness (QED) is 0.421. The van der Waals surface area contributed by atoms with Crippen LogP contribution in [-0.2, 0) is 21.2 Å². The molecule has 0 atom stereocenters. The van der Waals surface area contributed by atoms with Gasteiger partial charge in [-0.25, -0.2) is 8.42 Å². The molecule has 11 heteroatoms. The molecule has 0 aromatic heterocycles. The van der Waals surface area contributed by atoms with Crippen molar-refractivity contribution in [1.29, 1.82) is 0 Å². The molecule has 1 aliphatic rings. The highest BCUT2D eigenvalue weighted by molar-refractivity contribution is 8.02. The van der Waals surface area contributed by atoms with Gasteiger partial charge in [-0.15, -0.1) is 23.5 Å². The topological polar surface area (TPSA) is 90.5 Å². The Hall–Kier alpha value is -1.43. The maximum Gasteiger partial charge on any atom is 0.264 e. The van der Waals surface area contributed by atoms with Crippen LogP contribution in [0.15, 0.2) is 39.6 Å². The maximum atomic E-state index is 12.7. The van der Waals surface area contributed by atoms with Crippen molar-refractivity contribution in [2.75, 3.05) is 19.2 Å². The number of thioether (sulfide) groups is 2. The number of nitrogens with zero attached hydrogens (tertiary/aromatic N) is 1. The van der Waals surface area contributed by atoms with E-state index in [9.17, 15) is 13.2 Å². The lowest BCUT2D eigenvalue weighted by atomic mass is 10.1. The number of benzene rings is 1. The predicted molar refractivity (Wildman–Crippen MR) is 120 cm³/mol. The largest absolute Gasteiger partial charge is 0.365 e. The Morgan fingerprint density at radius 3 is 2.68 bits per heavy atom. The lowest BCUT2D eigenvalue weighted by molar-refractivity contribution is -0.123. The number of hydrogen-bond acceptors (Lipinski definition) is 7. The second-order valence-corrected chi connectivity index (χ2v) is 10.3. The highest BCUT2D eigenvalue weighted by atomic mass is 32.2. The van der Waals surface area contributed by atoms with E-state index in [0.29, 0.717) is 10.5 Å². The van der Waals surface area contributed by atoms with E-state index in [-0.39, 0.29) is 22.3 Å². The zero-order chi connectivity index (χ0) is 20.9. The van der Waals surface area contributed by atoms with Crippen molar-refractivity contribution in [2.24, 2.45) is 0 Å². The Balaban J connectivity index is 2.19. The van der Waals surface area contributed by atoms with E-state index in [1.807, 2.05) is 30.4 Å². The van der Waals surface area contributed by atoms with Crippen LogP contribution in [0.4, 0.5) is 0 Å². The van der Waals surface area contributed by atoms with Crippen LogP contribution in [-0.4, -0.2) is 49.2 Å². The molecule has 28 heavy (non-hydrogen) atoms. The van der Waals surface area contributed by atoms with E-state index in [1.165, 1.54) is 24.9 Å². The Labute approximate surface area is 180 Å². The summed E-state index contributed by atoms with van der Waals surface area (Å²) in [6.45, 7) is 3.85. The van der Waals surface area contributed by atoms with Crippen molar-refractivity contribution >= 4 is 56.8 Å². The minimum absolute atomic E-state index is 0.00786. The molecule has 1 aliphatic heterocycles. The van der Waals surface area contributed by atoms with Crippen molar-refractivity contribution in [3.8, 4) is 0 Å². The SMILES string of the molecule is CNC(=S)NS(=O)(=O)c1cc(CC(=O)NC(C)(C)N2C=CSC2)ccc1SC. The van der Waals surface area contributed by atoms with Crippen LogP contribution >= 0.6 is 35.7 Å². The highest BCUT2D eigenvalue weighted by Crippen LogP contribution is 2.27. The van der Waals surface area contributed by atoms with Crippen molar-refractivity contribution in [3.63, 3.8) is 0 Å². The summed E-state index contributed by atoms with van der Waals surface area (Å²) >= 11 is 7.88. The summed E-state index contributed by atoms with van der Waals surface area (Å²) in [5.74, 6) is 0.587. The minimum atomic E-state index is -3.85. The molecule has 0 fully saturated rings. The first-order valence-electron chi connectivity index (χ1n) is 8.36. The standard InChI is InChI=1S/C17H24N4O3S4/c1-17(2,21-7-8-27-11-21)19-15(22)10-12-5-6-13(26-4)14(9-12)28(23,24)20-16(25)18-3/h5-9H,10-11H2,1-4H3,(H,19,22)(H2,18,20,25). The highest BCUT2D eigenvalue weighted by Gasteiger charge is 2.28. The molecule has 7 nitrogen and oxygen atoms in total. The molecule has 1 aromatic rings. The molecule has 3 N–H and O–H groups in total. The number of carbonyl (C=O) groups excluding carboxylic acids is 1. The average Bonchev–Trinajstić information content (AvgIpc) is 3.16. The minimum Gasteiger partial charge on any atom is -0.365 e. The number of carbonyl (C=O) groups is 1. The first-order chi connectivity index (χ1) is 13.1. The number of nitrogens with one attached hydrogen (secondary N) is 3. The van der Waals surface area contributed by atoms with Crippen LogP contribution in [0.3, 0.4) is 0 Å². The van der Waals surface area contributed by atoms with E-state index < -0.39 is 15.7 Å². The third-order valence-corrected chi connectivity index (χ3v) is 7.54. The smallest absolute Gasteiger partial charge is 0.264 e. The molecule has 0 unspecified atom stereocenters. The van der Waals surface area contributed by atoms with Gasteiger partial charge in [0.2, 0.25) is 5.91 Å². The fourth-order valence-corrected chi connectivity index (χ4v) is 5.90. The van der Waals surface area contributed by atoms with Gasteiger partial charge in [-0.2, -0.15) is 0 Å². The van der Waals surface area contributed by atoms with Gasteiger partial charge in [-0.3, -0.25) is 9.52 Å². The van der Waals surface area contributed by atoms with Crippen molar-refractivity contribution in [3.05, 3.63) is 35.4 Å². The summed E-state index contributed by atoms with van der Waals surface area (Å²) < 4.78 is 27.6. The number of rotatable bonds is 7. The molecule has 1 amide bonds. The zero-order valence-electron chi connectivity index (χ0n) is 16.1.